The van der Waals surface area contributed by atoms with Crippen molar-refractivity contribution in [2.45, 2.75) is 0 Å². The Morgan fingerprint density at radius 3 is 1.06 bits per heavy atom. The molecule has 12 rings (SSSR count). The number of pyridine rings is 4. The van der Waals surface area contributed by atoms with Crippen LogP contribution in [0.5, 0.6) is 0 Å². The fraction of sp³-hybridized carbons (Fsp3) is 0. The molecule has 0 amide bonds. The Labute approximate surface area is 309 Å². The van der Waals surface area contributed by atoms with Gasteiger partial charge < -0.3 is 0 Å². The van der Waals surface area contributed by atoms with Crippen LogP contribution in [0.15, 0.2) is 170 Å². The Bertz CT molecular complexity index is 3160. The van der Waals surface area contributed by atoms with E-state index in [1.807, 2.05) is 48.8 Å². The highest BCUT2D eigenvalue weighted by atomic mass is 14.8. The average molecular weight is 685 g/mol. The van der Waals surface area contributed by atoms with E-state index in [9.17, 15) is 0 Å². The highest BCUT2D eigenvalue weighted by Gasteiger charge is 2.20. The first kappa shape index (κ1) is 29.3. The van der Waals surface area contributed by atoms with Crippen LogP contribution in [0.2, 0.25) is 0 Å². The van der Waals surface area contributed by atoms with Crippen molar-refractivity contribution in [3.8, 4) is 45.0 Å². The molecule has 4 heterocycles. The Morgan fingerprint density at radius 2 is 0.648 bits per heavy atom. The van der Waals surface area contributed by atoms with Gasteiger partial charge in [-0.1, -0.05) is 84.9 Å². The zero-order valence-corrected chi connectivity index (χ0v) is 29.0. The monoisotopic (exact) mass is 684 g/mol. The maximum Gasteiger partial charge on any atom is 0.0886 e. The van der Waals surface area contributed by atoms with Crippen molar-refractivity contribution in [1.82, 2.24) is 19.9 Å². The molecule has 0 N–H and O–H groups in total. The van der Waals surface area contributed by atoms with Crippen molar-refractivity contribution in [3.05, 3.63) is 170 Å². The summed E-state index contributed by atoms with van der Waals surface area (Å²) >= 11 is 0. The van der Waals surface area contributed by atoms with E-state index in [0.29, 0.717) is 0 Å². The quantitative estimate of drug-likeness (QED) is 0.173. The molecule has 0 atom stereocenters. The molecule has 0 fully saturated rings. The summed E-state index contributed by atoms with van der Waals surface area (Å²) in [5, 5.41) is 18.1. The van der Waals surface area contributed by atoms with Crippen LogP contribution in [0.1, 0.15) is 0 Å². The van der Waals surface area contributed by atoms with Crippen LogP contribution in [-0.4, -0.2) is 19.9 Å². The first-order chi connectivity index (χ1) is 26.8. The second-order valence-electron chi connectivity index (χ2n) is 14.2. The minimum absolute atomic E-state index is 0.873. The normalized spacial score (nSPS) is 12.1. The third kappa shape index (κ3) is 4.19. The smallest absolute Gasteiger partial charge is 0.0886 e. The first-order valence-electron chi connectivity index (χ1n) is 18.3. The third-order valence-electron chi connectivity index (χ3n) is 11.4. The lowest BCUT2D eigenvalue weighted by molar-refractivity contribution is 1.25. The number of aromatic nitrogens is 4. The van der Waals surface area contributed by atoms with E-state index in [4.69, 9.17) is 9.97 Å². The lowest BCUT2D eigenvalue weighted by Crippen LogP contribution is -1.87. The SMILES string of the molecule is c1ccc(-c2ccc(-c3ccc4c(c3)c3cc5c(cc6c7cc(-c8ccc(-c9ccccn9)nc8)ccc7c7cccc5c76)c5cccc4c53)cn2)nc1. The van der Waals surface area contributed by atoms with Crippen molar-refractivity contribution in [2.24, 2.45) is 0 Å². The van der Waals surface area contributed by atoms with Gasteiger partial charge in [0.15, 0.2) is 0 Å². The Kier molecular flexibility index (Phi) is 6.02. The van der Waals surface area contributed by atoms with Crippen LogP contribution in [0.4, 0.5) is 0 Å². The molecule has 0 unspecified atom stereocenters. The summed E-state index contributed by atoms with van der Waals surface area (Å²) in [6.07, 6.45) is 7.54. The van der Waals surface area contributed by atoms with Crippen LogP contribution in [0.3, 0.4) is 0 Å². The van der Waals surface area contributed by atoms with Gasteiger partial charge >= 0.3 is 0 Å². The van der Waals surface area contributed by atoms with Crippen LogP contribution in [0, 0.1) is 0 Å². The van der Waals surface area contributed by atoms with E-state index in [-0.39, 0.29) is 0 Å². The molecular weight excluding hydrogens is 657 g/mol. The zero-order valence-electron chi connectivity index (χ0n) is 29.0. The number of nitrogens with zero attached hydrogens (tertiary/aromatic N) is 4. The fourth-order valence-corrected chi connectivity index (χ4v) is 8.87. The van der Waals surface area contributed by atoms with E-state index in [0.717, 1.165) is 45.0 Å². The maximum absolute atomic E-state index is 4.78. The zero-order chi connectivity index (χ0) is 35.3. The Hall–Kier alpha value is -7.30. The van der Waals surface area contributed by atoms with Gasteiger partial charge in [-0.3, -0.25) is 19.9 Å². The van der Waals surface area contributed by atoms with Gasteiger partial charge in [0.1, 0.15) is 0 Å². The summed E-state index contributed by atoms with van der Waals surface area (Å²) in [6, 6.07) is 52.5. The summed E-state index contributed by atoms with van der Waals surface area (Å²) in [5.41, 5.74) is 7.99. The molecule has 0 aliphatic rings. The molecule has 0 bridgehead atoms. The molecule has 0 saturated carbocycles. The summed E-state index contributed by atoms with van der Waals surface area (Å²) < 4.78 is 0. The standard InChI is InChI=1S/C50H28N4/c1-3-21-51-45(11-1)47-19-15-31(27-53-47)29-13-17-33-35-7-5-9-37-42-26-44-40-24-30(32-16-20-48(54-28-32)46-12-2-4-22-52-46)14-18-34(40)36-8-6-10-38(50(36)44)41(42)25-43(49(35)37)39(33)23-29/h1-28H. The molecule has 54 heavy (non-hydrogen) atoms. The first-order valence-corrected chi connectivity index (χ1v) is 18.3. The van der Waals surface area contributed by atoms with Crippen LogP contribution >= 0.6 is 0 Å². The van der Waals surface area contributed by atoms with E-state index in [1.165, 1.54) is 75.4 Å². The fourth-order valence-electron chi connectivity index (χ4n) is 8.87. The maximum atomic E-state index is 4.78. The summed E-state index contributed by atoms with van der Waals surface area (Å²) in [4.78, 5) is 18.5. The molecule has 0 spiro atoms. The van der Waals surface area contributed by atoms with Crippen LogP contribution in [-0.2, 0) is 0 Å². The summed E-state index contributed by atoms with van der Waals surface area (Å²) in [7, 11) is 0. The van der Waals surface area contributed by atoms with Crippen molar-refractivity contribution in [2.75, 3.05) is 0 Å². The third-order valence-corrected chi connectivity index (χ3v) is 11.4. The predicted molar refractivity (Wildman–Crippen MR) is 224 cm³/mol. The van der Waals surface area contributed by atoms with Crippen molar-refractivity contribution in [1.29, 1.82) is 0 Å². The van der Waals surface area contributed by atoms with E-state index in [2.05, 4.69) is 119 Å². The summed E-state index contributed by atoms with van der Waals surface area (Å²) in [6.45, 7) is 0. The molecule has 4 aromatic heterocycles. The minimum atomic E-state index is 0.873. The van der Waals surface area contributed by atoms with Gasteiger partial charge in [-0.05, 0) is 147 Å². The largest absolute Gasteiger partial charge is 0.255 e. The number of fused-ring (bicyclic) bond motifs is 9. The van der Waals surface area contributed by atoms with E-state index >= 15 is 0 Å². The molecule has 0 aliphatic carbocycles. The molecular formula is C50H28N4. The molecule has 248 valence electrons. The number of rotatable bonds is 4. The molecule has 4 nitrogen and oxygen atoms in total. The second kappa shape index (κ2) is 11.1. The van der Waals surface area contributed by atoms with Crippen LogP contribution in [0.25, 0.3) is 120 Å². The van der Waals surface area contributed by atoms with Crippen LogP contribution < -0.4 is 0 Å². The molecule has 8 aromatic carbocycles. The lowest BCUT2D eigenvalue weighted by atomic mass is 9.93. The Morgan fingerprint density at radius 1 is 0.241 bits per heavy atom. The Balaban J connectivity index is 1.05. The van der Waals surface area contributed by atoms with Crippen molar-refractivity contribution >= 4 is 75.4 Å². The summed E-state index contributed by atoms with van der Waals surface area (Å²) in [5.74, 6) is 0. The van der Waals surface area contributed by atoms with Gasteiger partial charge in [0.25, 0.3) is 0 Å². The number of hydrogen-bond donors (Lipinski definition) is 0. The predicted octanol–water partition coefficient (Wildman–Crippen LogP) is 12.9. The molecule has 12 aromatic rings. The van der Waals surface area contributed by atoms with Gasteiger partial charge in [-0.2, -0.15) is 0 Å². The van der Waals surface area contributed by atoms with Gasteiger partial charge in [0.05, 0.1) is 22.8 Å². The van der Waals surface area contributed by atoms with Gasteiger partial charge in [-0.25, -0.2) is 0 Å². The van der Waals surface area contributed by atoms with Gasteiger partial charge in [0, 0.05) is 35.9 Å². The van der Waals surface area contributed by atoms with E-state index < -0.39 is 0 Å². The molecule has 4 heteroatoms. The number of benzene rings is 6. The average Bonchev–Trinajstić information content (AvgIpc) is 3.74. The number of hydrogen-bond acceptors (Lipinski definition) is 4. The molecule has 0 aliphatic heterocycles. The van der Waals surface area contributed by atoms with Gasteiger partial charge in [0.2, 0.25) is 0 Å². The minimum Gasteiger partial charge on any atom is -0.255 e. The highest BCUT2D eigenvalue weighted by Crippen LogP contribution is 2.48. The topological polar surface area (TPSA) is 51.6 Å². The van der Waals surface area contributed by atoms with Crippen molar-refractivity contribution < 1.29 is 0 Å². The molecule has 0 radical (unpaired) electrons. The molecule has 0 saturated heterocycles. The highest BCUT2D eigenvalue weighted by molar-refractivity contribution is 6.41. The van der Waals surface area contributed by atoms with Gasteiger partial charge in [-0.15, -0.1) is 0 Å². The second-order valence-corrected chi connectivity index (χ2v) is 14.2. The lowest BCUT2D eigenvalue weighted by Gasteiger charge is -2.10. The van der Waals surface area contributed by atoms with E-state index in [1.54, 1.807) is 12.4 Å². The van der Waals surface area contributed by atoms with Crippen molar-refractivity contribution in [3.63, 3.8) is 0 Å².